The molecule has 0 unspecified atom stereocenters. The number of anilines is 1. The van der Waals surface area contributed by atoms with Crippen LogP contribution >= 0.6 is 0 Å². The maximum Gasteiger partial charge on any atom is 0.303 e. The molecule has 0 spiro atoms. The van der Waals surface area contributed by atoms with Crippen molar-refractivity contribution < 1.29 is 8.42 Å². The van der Waals surface area contributed by atoms with Crippen LogP contribution < -0.4 is 9.62 Å². The van der Waals surface area contributed by atoms with Gasteiger partial charge in [-0.15, -0.1) is 0 Å². The molecule has 0 saturated heterocycles. The minimum atomic E-state index is -3.39. The number of hydrogen-bond donors (Lipinski definition) is 1. The predicted octanol–water partition coefficient (Wildman–Crippen LogP) is 0.835. The zero-order valence-electron chi connectivity index (χ0n) is 11.5. The summed E-state index contributed by atoms with van der Waals surface area (Å²) in [5.41, 5.74) is 1.93. The molecule has 0 aliphatic carbocycles. The maximum absolute atomic E-state index is 12.5. The Hall–Kier alpha value is -1.11. The summed E-state index contributed by atoms with van der Waals surface area (Å²) < 4.78 is 28.0. The quantitative estimate of drug-likeness (QED) is 0.787. The van der Waals surface area contributed by atoms with Gasteiger partial charge in [0, 0.05) is 20.1 Å². The third-order valence-electron chi connectivity index (χ3n) is 3.42. The highest BCUT2D eigenvalue weighted by atomic mass is 32.2. The molecule has 106 valence electrons. The summed E-state index contributed by atoms with van der Waals surface area (Å²) in [7, 11) is 0.117. The van der Waals surface area contributed by atoms with E-state index in [9.17, 15) is 8.42 Å². The first-order valence-electron chi connectivity index (χ1n) is 6.54. The number of benzene rings is 1. The zero-order valence-corrected chi connectivity index (χ0v) is 12.3. The third kappa shape index (κ3) is 2.91. The predicted molar refractivity (Wildman–Crippen MR) is 77.6 cm³/mol. The molecule has 1 aliphatic rings. The molecule has 1 aliphatic heterocycles. The number of para-hydroxylation sites is 1. The van der Waals surface area contributed by atoms with Crippen LogP contribution in [0.2, 0.25) is 0 Å². The molecular formula is C13H21N3O2S. The monoisotopic (exact) mass is 283 g/mol. The van der Waals surface area contributed by atoms with Gasteiger partial charge in [-0.3, -0.25) is 4.31 Å². The number of hydrogen-bond acceptors (Lipinski definition) is 3. The molecule has 0 bridgehead atoms. The summed E-state index contributed by atoms with van der Waals surface area (Å²) in [4.78, 5) is 0. The van der Waals surface area contributed by atoms with Crippen molar-refractivity contribution in [1.29, 1.82) is 0 Å². The van der Waals surface area contributed by atoms with Gasteiger partial charge in [0.2, 0.25) is 0 Å². The SMILES string of the molecule is CNCCCN(C)S(=O)(=O)N1CCc2ccccc21. The van der Waals surface area contributed by atoms with Gasteiger partial charge in [-0.05, 0) is 38.1 Å². The highest BCUT2D eigenvalue weighted by molar-refractivity contribution is 7.90. The van der Waals surface area contributed by atoms with Crippen LogP contribution in [-0.2, 0) is 16.6 Å². The van der Waals surface area contributed by atoms with E-state index in [-0.39, 0.29) is 0 Å². The van der Waals surface area contributed by atoms with E-state index in [2.05, 4.69) is 5.32 Å². The Labute approximate surface area is 115 Å². The van der Waals surface area contributed by atoms with Crippen molar-refractivity contribution >= 4 is 15.9 Å². The second kappa shape index (κ2) is 5.90. The summed E-state index contributed by atoms with van der Waals surface area (Å²) in [5, 5.41) is 3.02. The molecule has 0 saturated carbocycles. The first-order valence-corrected chi connectivity index (χ1v) is 7.93. The molecule has 0 radical (unpaired) electrons. The van der Waals surface area contributed by atoms with Gasteiger partial charge in [0.1, 0.15) is 0 Å². The minimum Gasteiger partial charge on any atom is -0.320 e. The summed E-state index contributed by atoms with van der Waals surface area (Å²) in [6, 6.07) is 7.70. The average molecular weight is 283 g/mol. The van der Waals surface area contributed by atoms with Crippen LogP contribution in [0, 0.1) is 0 Å². The summed E-state index contributed by atoms with van der Waals surface area (Å²) in [6.07, 6.45) is 1.60. The Kier molecular flexibility index (Phi) is 4.44. The maximum atomic E-state index is 12.5. The van der Waals surface area contributed by atoms with Crippen LogP contribution in [0.4, 0.5) is 5.69 Å². The fraction of sp³-hybridized carbons (Fsp3) is 0.538. The molecule has 19 heavy (non-hydrogen) atoms. The molecule has 1 heterocycles. The number of fused-ring (bicyclic) bond motifs is 1. The van der Waals surface area contributed by atoms with Crippen molar-refractivity contribution in [1.82, 2.24) is 9.62 Å². The Morgan fingerprint density at radius 3 is 2.84 bits per heavy atom. The average Bonchev–Trinajstić information content (AvgIpc) is 2.83. The Morgan fingerprint density at radius 1 is 1.37 bits per heavy atom. The highest BCUT2D eigenvalue weighted by Gasteiger charge is 2.31. The summed E-state index contributed by atoms with van der Waals surface area (Å²) >= 11 is 0. The molecule has 0 aromatic heterocycles. The fourth-order valence-electron chi connectivity index (χ4n) is 2.31. The van der Waals surface area contributed by atoms with Gasteiger partial charge < -0.3 is 5.32 Å². The van der Waals surface area contributed by atoms with Gasteiger partial charge >= 0.3 is 10.2 Å². The molecule has 1 N–H and O–H groups in total. The van der Waals surface area contributed by atoms with Crippen molar-refractivity contribution in [3.63, 3.8) is 0 Å². The molecule has 1 aromatic carbocycles. The molecule has 0 amide bonds. The van der Waals surface area contributed by atoms with Crippen molar-refractivity contribution in [3.8, 4) is 0 Å². The number of nitrogens with one attached hydrogen (secondary N) is 1. The van der Waals surface area contributed by atoms with E-state index >= 15 is 0 Å². The van der Waals surface area contributed by atoms with Gasteiger partial charge in [0.15, 0.2) is 0 Å². The van der Waals surface area contributed by atoms with Crippen LogP contribution in [0.3, 0.4) is 0 Å². The van der Waals surface area contributed by atoms with Crippen LogP contribution in [0.15, 0.2) is 24.3 Å². The lowest BCUT2D eigenvalue weighted by Gasteiger charge is -2.26. The smallest absolute Gasteiger partial charge is 0.303 e. The topological polar surface area (TPSA) is 52.7 Å². The van der Waals surface area contributed by atoms with E-state index in [0.29, 0.717) is 13.1 Å². The molecule has 2 rings (SSSR count). The summed E-state index contributed by atoms with van der Waals surface area (Å²) in [5.74, 6) is 0. The zero-order chi connectivity index (χ0) is 13.9. The van der Waals surface area contributed by atoms with E-state index in [0.717, 1.165) is 30.6 Å². The lowest BCUT2D eigenvalue weighted by atomic mass is 10.2. The van der Waals surface area contributed by atoms with Crippen molar-refractivity contribution in [2.75, 3.05) is 38.0 Å². The van der Waals surface area contributed by atoms with Crippen LogP contribution in [0.25, 0.3) is 0 Å². The molecule has 0 atom stereocenters. The van der Waals surface area contributed by atoms with Crippen molar-refractivity contribution in [3.05, 3.63) is 29.8 Å². The lowest BCUT2D eigenvalue weighted by Crippen LogP contribution is -2.42. The first-order chi connectivity index (χ1) is 9.07. The van der Waals surface area contributed by atoms with Crippen LogP contribution in [-0.4, -0.2) is 46.5 Å². The molecule has 6 heteroatoms. The van der Waals surface area contributed by atoms with E-state index < -0.39 is 10.2 Å². The second-order valence-electron chi connectivity index (χ2n) is 4.74. The lowest BCUT2D eigenvalue weighted by molar-refractivity contribution is 0.455. The van der Waals surface area contributed by atoms with Gasteiger partial charge in [-0.1, -0.05) is 18.2 Å². The van der Waals surface area contributed by atoms with Gasteiger partial charge in [0.05, 0.1) is 5.69 Å². The number of rotatable bonds is 6. The van der Waals surface area contributed by atoms with Crippen LogP contribution in [0.1, 0.15) is 12.0 Å². The second-order valence-corrected chi connectivity index (χ2v) is 6.70. The van der Waals surface area contributed by atoms with Gasteiger partial charge in [-0.2, -0.15) is 12.7 Å². The molecule has 5 nitrogen and oxygen atoms in total. The molecule has 0 fully saturated rings. The highest BCUT2D eigenvalue weighted by Crippen LogP contribution is 2.30. The summed E-state index contributed by atoms with van der Waals surface area (Å²) in [6.45, 7) is 1.89. The Bertz CT molecular complexity index is 530. The Balaban J connectivity index is 2.13. The standard InChI is InChI=1S/C13H21N3O2S/c1-14-9-5-10-15(2)19(17,18)16-11-8-12-6-3-4-7-13(12)16/h3-4,6-7,14H,5,8-11H2,1-2H3. The van der Waals surface area contributed by atoms with Gasteiger partial charge in [-0.25, -0.2) is 0 Å². The van der Waals surface area contributed by atoms with Gasteiger partial charge in [0.25, 0.3) is 0 Å². The minimum absolute atomic E-state index is 0.530. The van der Waals surface area contributed by atoms with E-state index in [4.69, 9.17) is 0 Å². The van der Waals surface area contributed by atoms with E-state index in [1.165, 1.54) is 8.61 Å². The van der Waals surface area contributed by atoms with Crippen molar-refractivity contribution in [2.45, 2.75) is 12.8 Å². The number of nitrogens with zero attached hydrogens (tertiary/aromatic N) is 2. The molecular weight excluding hydrogens is 262 g/mol. The van der Waals surface area contributed by atoms with E-state index in [1.807, 2.05) is 31.3 Å². The van der Waals surface area contributed by atoms with Crippen molar-refractivity contribution in [2.24, 2.45) is 0 Å². The molecule has 1 aromatic rings. The van der Waals surface area contributed by atoms with E-state index in [1.54, 1.807) is 7.05 Å². The largest absolute Gasteiger partial charge is 0.320 e. The third-order valence-corrected chi connectivity index (χ3v) is 5.32. The Morgan fingerprint density at radius 2 is 2.11 bits per heavy atom. The first kappa shape index (κ1) is 14.3. The fourth-order valence-corrected chi connectivity index (χ4v) is 3.75. The normalized spacial score (nSPS) is 15.0. The van der Waals surface area contributed by atoms with Crippen LogP contribution in [0.5, 0.6) is 0 Å².